The molecule has 0 bridgehead atoms. The highest BCUT2D eigenvalue weighted by Crippen LogP contribution is 2.38. The maximum Gasteiger partial charge on any atom is 0.230 e. The van der Waals surface area contributed by atoms with E-state index in [2.05, 4.69) is 46.3 Å². The predicted molar refractivity (Wildman–Crippen MR) is 102 cm³/mol. The molecule has 1 saturated carbocycles. The first-order chi connectivity index (χ1) is 12.8. The largest absolute Gasteiger partial charge is 0.352 e. The monoisotopic (exact) mass is 350 g/mol. The van der Waals surface area contributed by atoms with Crippen LogP contribution in [0.2, 0.25) is 0 Å². The van der Waals surface area contributed by atoms with Gasteiger partial charge in [-0.2, -0.15) is 5.10 Å². The molecule has 4 rings (SSSR count). The molecule has 1 atom stereocenters. The number of hydrogen-bond acceptors (Lipinski definition) is 4. The minimum Gasteiger partial charge on any atom is -0.352 e. The van der Waals surface area contributed by atoms with Crippen molar-refractivity contribution >= 4 is 11.7 Å². The van der Waals surface area contributed by atoms with Crippen molar-refractivity contribution in [2.45, 2.75) is 38.0 Å². The molecule has 1 aliphatic heterocycles. The molecule has 0 radical (unpaired) electrons. The highest BCUT2D eigenvalue weighted by Gasteiger charge is 2.29. The maximum absolute atomic E-state index is 13.0. The van der Waals surface area contributed by atoms with E-state index in [4.69, 9.17) is 0 Å². The fraction of sp³-hybridized carbons (Fsp3) is 0.476. The van der Waals surface area contributed by atoms with Crippen molar-refractivity contribution in [3.05, 3.63) is 53.7 Å². The van der Waals surface area contributed by atoms with Crippen molar-refractivity contribution in [1.29, 1.82) is 0 Å². The molecule has 2 heterocycles. The van der Waals surface area contributed by atoms with Crippen LogP contribution in [0.1, 0.15) is 49.3 Å². The van der Waals surface area contributed by atoms with E-state index in [1.54, 1.807) is 0 Å². The summed E-state index contributed by atoms with van der Waals surface area (Å²) >= 11 is 0. The van der Waals surface area contributed by atoms with Crippen molar-refractivity contribution in [3.8, 4) is 0 Å². The molecule has 5 heteroatoms. The van der Waals surface area contributed by atoms with Gasteiger partial charge in [0.15, 0.2) is 5.82 Å². The Labute approximate surface area is 155 Å². The topological polar surface area (TPSA) is 49.3 Å². The van der Waals surface area contributed by atoms with Gasteiger partial charge in [0.1, 0.15) is 0 Å². The zero-order valence-electron chi connectivity index (χ0n) is 15.3. The third kappa shape index (κ3) is 3.57. The number of hydrogen-bond donors (Lipinski definition) is 0. The van der Waals surface area contributed by atoms with Gasteiger partial charge in [0, 0.05) is 32.1 Å². The lowest BCUT2D eigenvalue weighted by Crippen LogP contribution is -2.50. The number of nitrogens with zero attached hydrogens (tertiary/aromatic N) is 4. The molecule has 1 aromatic heterocycles. The van der Waals surface area contributed by atoms with E-state index in [-0.39, 0.29) is 11.8 Å². The second-order valence-electron chi connectivity index (χ2n) is 7.27. The van der Waals surface area contributed by atoms with E-state index < -0.39 is 0 Å². The van der Waals surface area contributed by atoms with E-state index in [1.165, 1.54) is 12.8 Å². The molecule has 2 aliphatic rings. The lowest BCUT2D eigenvalue weighted by Gasteiger charge is -2.36. The summed E-state index contributed by atoms with van der Waals surface area (Å²) in [5.74, 6) is 1.76. The van der Waals surface area contributed by atoms with E-state index in [1.807, 2.05) is 23.1 Å². The summed E-state index contributed by atoms with van der Waals surface area (Å²) in [6.45, 7) is 5.20. The average molecular weight is 350 g/mol. The van der Waals surface area contributed by atoms with E-state index in [9.17, 15) is 4.79 Å². The van der Waals surface area contributed by atoms with Crippen molar-refractivity contribution in [2.75, 3.05) is 31.1 Å². The molecule has 26 heavy (non-hydrogen) atoms. The van der Waals surface area contributed by atoms with Gasteiger partial charge in [0.2, 0.25) is 5.91 Å². The van der Waals surface area contributed by atoms with Gasteiger partial charge in [-0.25, -0.2) is 0 Å². The van der Waals surface area contributed by atoms with Gasteiger partial charge < -0.3 is 9.80 Å². The van der Waals surface area contributed by atoms with Crippen LogP contribution in [0.3, 0.4) is 0 Å². The number of aromatic nitrogens is 2. The lowest BCUT2D eigenvalue weighted by atomic mass is 9.95. The first kappa shape index (κ1) is 17.0. The smallest absolute Gasteiger partial charge is 0.230 e. The summed E-state index contributed by atoms with van der Waals surface area (Å²) in [4.78, 5) is 17.2. The van der Waals surface area contributed by atoms with Crippen LogP contribution in [-0.4, -0.2) is 47.2 Å². The molecule has 1 aliphatic carbocycles. The van der Waals surface area contributed by atoms with Crippen LogP contribution in [0.15, 0.2) is 42.5 Å². The van der Waals surface area contributed by atoms with Crippen LogP contribution in [0.5, 0.6) is 0 Å². The molecule has 5 nitrogen and oxygen atoms in total. The van der Waals surface area contributed by atoms with Crippen LogP contribution in [0, 0.1) is 0 Å². The standard InChI is InChI=1S/C21H26N4O/c1-2-18(16-6-4-3-5-7-16)21(26)25-14-12-24(13-15-25)20-11-10-19(22-23-20)17-8-9-17/h3-7,10-11,17-18H,2,8-9,12-15H2,1H3. The Morgan fingerprint density at radius 1 is 1.04 bits per heavy atom. The Balaban J connectivity index is 1.37. The quantitative estimate of drug-likeness (QED) is 0.831. The van der Waals surface area contributed by atoms with Gasteiger partial charge in [-0.1, -0.05) is 37.3 Å². The number of piperazine rings is 1. The molecule has 1 amide bonds. The van der Waals surface area contributed by atoms with Crippen LogP contribution in [-0.2, 0) is 4.79 Å². The summed E-state index contributed by atoms with van der Waals surface area (Å²) in [5, 5.41) is 8.78. The second-order valence-corrected chi connectivity index (χ2v) is 7.27. The summed E-state index contributed by atoms with van der Waals surface area (Å²) in [6.07, 6.45) is 3.32. The third-order valence-corrected chi connectivity index (χ3v) is 5.49. The van der Waals surface area contributed by atoms with Crippen LogP contribution in [0.4, 0.5) is 5.82 Å². The number of amides is 1. The Morgan fingerprint density at radius 2 is 1.77 bits per heavy atom. The fourth-order valence-corrected chi connectivity index (χ4v) is 3.72. The van der Waals surface area contributed by atoms with E-state index in [0.29, 0.717) is 5.92 Å². The minimum absolute atomic E-state index is 0.0413. The molecule has 0 spiro atoms. The molecule has 0 N–H and O–H groups in total. The molecular formula is C21H26N4O. The molecule has 2 aromatic rings. The summed E-state index contributed by atoms with van der Waals surface area (Å²) in [5.41, 5.74) is 2.24. The Bertz CT molecular complexity index is 734. The number of benzene rings is 1. The van der Waals surface area contributed by atoms with Crippen molar-refractivity contribution in [3.63, 3.8) is 0 Å². The normalized spacial score (nSPS) is 18.7. The number of carbonyl (C=O) groups excluding carboxylic acids is 1. The zero-order chi connectivity index (χ0) is 17.9. The van der Waals surface area contributed by atoms with Gasteiger partial charge in [0.25, 0.3) is 0 Å². The van der Waals surface area contributed by atoms with Gasteiger partial charge in [0.05, 0.1) is 11.6 Å². The lowest BCUT2D eigenvalue weighted by molar-refractivity contribution is -0.133. The first-order valence-corrected chi connectivity index (χ1v) is 9.68. The number of carbonyl (C=O) groups is 1. The molecule has 1 saturated heterocycles. The Morgan fingerprint density at radius 3 is 2.35 bits per heavy atom. The van der Waals surface area contributed by atoms with Crippen LogP contribution in [0.25, 0.3) is 0 Å². The van der Waals surface area contributed by atoms with Crippen molar-refractivity contribution in [2.24, 2.45) is 0 Å². The maximum atomic E-state index is 13.0. The SMILES string of the molecule is CCC(C(=O)N1CCN(c2ccc(C3CC3)nn2)CC1)c1ccccc1. The van der Waals surface area contributed by atoms with Crippen LogP contribution < -0.4 is 4.90 Å². The fourth-order valence-electron chi connectivity index (χ4n) is 3.72. The molecule has 136 valence electrons. The summed E-state index contributed by atoms with van der Waals surface area (Å²) in [7, 11) is 0. The summed E-state index contributed by atoms with van der Waals surface area (Å²) in [6, 6.07) is 14.3. The molecule has 1 unspecified atom stereocenters. The number of anilines is 1. The molecule has 2 fully saturated rings. The highest BCUT2D eigenvalue weighted by molar-refractivity contribution is 5.84. The Hall–Kier alpha value is -2.43. The minimum atomic E-state index is -0.0413. The molecule has 1 aromatic carbocycles. The first-order valence-electron chi connectivity index (χ1n) is 9.68. The third-order valence-electron chi connectivity index (χ3n) is 5.49. The van der Waals surface area contributed by atoms with Gasteiger partial charge in [-0.3, -0.25) is 4.79 Å². The van der Waals surface area contributed by atoms with Gasteiger partial charge in [-0.05, 0) is 37.0 Å². The van der Waals surface area contributed by atoms with Crippen molar-refractivity contribution < 1.29 is 4.79 Å². The van der Waals surface area contributed by atoms with Crippen molar-refractivity contribution in [1.82, 2.24) is 15.1 Å². The van der Waals surface area contributed by atoms with Gasteiger partial charge >= 0.3 is 0 Å². The average Bonchev–Trinajstić information content (AvgIpc) is 3.55. The summed E-state index contributed by atoms with van der Waals surface area (Å²) < 4.78 is 0. The second kappa shape index (κ2) is 7.44. The van der Waals surface area contributed by atoms with E-state index >= 15 is 0 Å². The Kier molecular flexibility index (Phi) is 4.87. The van der Waals surface area contributed by atoms with E-state index in [0.717, 1.165) is 49.7 Å². The number of rotatable bonds is 5. The predicted octanol–water partition coefficient (Wildman–Crippen LogP) is 3.20. The van der Waals surface area contributed by atoms with Gasteiger partial charge in [-0.15, -0.1) is 5.10 Å². The zero-order valence-corrected chi connectivity index (χ0v) is 15.3. The van der Waals surface area contributed by atoms with Crippen LogP contribution >= 0.6 is 0 Å². The molecular weight excluding hydrogens is 324 g/mol. The highest BCUT2D eigenvalue weighted by atomic mass is 16.2.